The summed E-state index contributed by atoms with van der Waals surface area (Å²) in [6.07, 6.45) is 3.17. The molecule has 1 saturated heterocycles. The largest absolute Gasteiger partial charge is 0.377 e. The van der Waals surface area contributed by atoms with Gasteiger partial charge in [-0.05, 0) is 36.3 Å². The van der Waals surface area contributed by atoms with Crippen LogP contribution in [0.5, 0.6) is 0 Å². The number of pyridine rings is 1. The summed E-state index contributed by atoms with van der Waals surface area (Å²) in [7, 11) is 0. The second-order valence-corrected chi connectivity index (χ2v) is 6.79. The van der Waals surface area contributed by atoms with Crippen molar-refractivity contribution in [1.82, 2.24) is 15.2 Å². The van der Waals surface area contributed by atoms with Gasteiger partial charge in [0.2, 0.25) is 5.91 Å². The van der Waals surface area contributed by atoms with E-state index in [-0.39, 0.29) is 17.6 Å². The Bertz CT molecular complexity index is 839. The van der Waals surface area contributed by atoms with Crippen molar-refractivity contribution in [1.29, 1.82) is 0 Å². The van der Waals surface area contributed by atoms with Crippen molar-refractivity contribution in [2.45, 2.75) is 31.9 Å². The molecule has 25 heavy (non-hydrogen) atoms. The number of carbonyl (C=O) groups is 1. The molecule has 1 amide bonds. The number of carbonyl (C=O) groups excluding carboxylic acids is 1. The summed E-state index contributed by atoms with van der Waals surface area (Å²) in [5, 5.41) is 4.93. The molecule has 0 bridgehead atoms. The molecule has 4 rings (SSSR count). The van der Waals surface area contributed by atoms with Crippen LogP contribution in [-0.4, -0.2) is 48.1 Å². The Balaban J connectivity index is 1.43. The highest BCUT2D eigenvalue weighted by Crippen LogP contribution is 2.23. The van der Waals surface area contributed by atoms with Gasteiger partial charge in [-0.3, -0.25) is 9.59 Å². The maximum atomic E-state index is 12.5. The Kier molecular flexibility index (Phi) is 4.55. The van der Waals surface area contributed by atoms with Crippen LogP contribution in [0.3, 0.4) is 0 Å². The predicted octanol–water partition coefficient (Wildman–Crippen LogP) is 1.18. The third-order valence-corrected chi connectivity index (χ3v) is 5.13. The number of benzene rings is 1. The minimum absolute atomic E-state index is 0.0673. The molecule has 1 atom stereocenters. The normalized spacial score (nSPS) is 20.0. The predicted molar refractivity (Wildman–Crippen MR) is 95.5 cm³/mol. The van der Waals surface area contributed by atoms with Gasteiger partial charge in [0.05, 0.1) is 19.2 Å². The van der Waals surface area contributed by atoms with Crippen molar-refractivity contribution in [3.05, 3.63) is 45.9 Å². The summed E-state index contributed by atoms with van der Waals surface area (Å²) in [4.78, 5) is 29.5. The second-order valence-electron chi connectivity index (χ2n) is 6.79. The van der Waals surface area contributed by atoms with Gasteiger partial charge in [0.15, 0.2) is 0 Å². The van der Waals surface area contributed by atoms with Crippen LogP contribution in [0.25, 0.3) is 10.8 Å². The molecule has 2 aromatic rings. The monoisotopic (exact) mass is 341 g/mol. The zero-order valence-electron chi connectivity index (χ0n) is 14.2. The molecular formula is C19H23N3O3. The zero-order chi connectivity index (χ0) is 17.2. The molecule has 0 spiro atoms. The highest BCUT2D eigenvalue weighted by molar-refractivity contribution is 5.86. The van der Waals surface area contributed by atoms with Crippen molar-refractivity contribution in [2.24, 2.45) is 0 Å². The Morgan fingerprint density at radius 3 is 2.96 bits per heavy atom. The van der Waals surface area contributed by atoms with Crippen LogP contribution in [0, 0.1) is 0 Å². The standard InChI is InChI=1S/C19H23N3O3/c23-18(11-20-10-13-4-3-9-25-13)22-8-7-15-14-5-1-2-6-16(14)19(24)21-17(15)12-22/h1-2,5-6,13,20H,3-4,7-12H2,(H,21,24)/t13-/m1/s1. The van der Waals surface area contributed by atoms with Gasteiger partial charge in [-0.2, -0.15) is 0 Å². The van der Waals surface area contributed by atoms with Crippen LogP contribution in [-0.2, 0) is 22.5 Å². The molecule has 6 nitrogen and oxygen atoms in total. The van der Waals surface area contributed by atoms with Crippen LogP contribution in [0.15, 0.2) is 29.1 Å². The average molecular weight is 341 g/mol. The maximum Gasteiger partial charge on any atom is 0.256 e. The highest BCUT2D eigenvalue weighted by atomic mass is 16.5. The molecule has 1 aromatic carbocycles. The topological polar surface area (TPSA) is 74.4 Å². The number of hydrogen-bond acceptors (Lipinski definition) is 4. The van der Waals surface area contributed by atoms with Gasteiger partial charge in [0.25, 0.3) is 5.56 Å². The van der Waals surface area contributed by atoms with Crippen LogP contribution in [0.4, 0.5) is 0 Å². The fourth-order valence-corrected chi connectivity index (χ4v) is 3.79. The average Bonchev–Trinajstić information content (AvgIpc) is 3.15. The number of nitrogens with zero attached hydrogens (tertiary/aromatic N) is 1. The van der Waals surface area contributed by atoms with E-state index in [0.717, 1.165) is 54.4 Å². The van der Waals surface area contributed by atoms with Crippen molar-refractivity contribution in [3.8, 4) is 0 Å². The Hall–Kier alpha value is -2.18. The molecule has 2 aliphatic rings. The number of aromatic amines is 1. The number of aromatic nitrogens is 1. The summed E-state index contributed by atoms with van der Waals surface area (Å²) < 4.78 is 5.55. The fraction of sp³-hybridized carbons (Fsp3) is 0.474. The first-order valence-corrected chi connectivity index (χ1v) is 8.95. The van der Waals surface area contributed by atoms with E-state index in [2.05, 4.69) is 10.3 Å². The van der Waals surface area contributed by atoms with E-state index in [9.17, 15) is 9.59 Å². The molecule has 6 heteroatoms. The molecule has 0 aliphatic carbocycles. The summed E-state index contributed by atoms with van der Waals surface area (Å²) in [6.45, 7) is 3.01. The summed E-state index contributed by atoms with van der Waals surface area (Å²) in [5.41, 5.74) is 1.94. The smallest absolute Gasteiger partial charge is 0.256 e. The van der Waals surface area contributed by atoms with Gasteiger partial charge in [-0.15, -0.1) is 0 Å². The Morgan fingerprint density at radius 2 is 2.16 bits per heavy atom. The second kappa shape index (κ2) is 6.98. The van der Waals surface area contributed by atoms with Gasteiger partial charge >= 0.3 is 0 Å². The molecule has 1 fully saturated rings. The lowest BCUT2D eigenvalue weighted by Crippen LogP contribution is -2.43. The molecular weight excluding hydrogens is 318 g/mol. The molecule has 0 radical (unpaired) electrons. The minimum atomic E-state index is -0.0832. The quantitative estimate of drug-likeness (QED) is 0.876. The van der Waals surface area contributed by atoms with E-state index in [1.807, 2.05) is 29.2 Å². The molecule has 3 heterocycles. The highest BCUT2D eigenvalue weighted by Gasteiger charge is 2.23. The molecule has 1 aromatic heterocycles. The van der Waals surface area contributed by atoms with Crippen molar-refractivity contribution < 1.29 is 9.53 Å². The van der Waals surface area contributed by atoms with Crippen LogP contribution >= 0.6 is 0 Å². The summed E-state index contributed by atoms with van der Waals surface area (Å²) >= 11 is 0. The van der Waals surface area contributed by atoms with Gasteiger partial charge in [-0.25, -0.2) is 0 Å². The number of H-pyrrole nitrogens is 1. The van der Waals surface area contributed by atoms with E-state index >= 15 is 0 Å². The van der Waals surface area contributed by atoms with Crippen LogP contribution < -0.4 is 10.9 Å². The number of fused-ring (bicyclic) bond motifs is 3. The number of nitrogens with one attached hydrogen (secondary N) is 2. The maximum absolute atomic E-state index is 12.5. The van der Waals surface area contributed by atoms with E-state index in [1.54, 1.807) is 0 Å². The van der Waals surface area contributed by atoms with Crippen LogP contribution in [0.1, 0.15) is 24.1 Å². The van der Waals surface area contributed by atoms with Crippen molar-refractivity contribution in [3.63, 3.8) is 0 Å². The fourth-order valence-electron chi connectivity index (χ4n) is 3.79. The summed E-state index contributed by atoms with van der Waals surface area (Å²) in [6, 6.07) is 7.67. The molecule has 0 saturated carbocycles. The van der Waals surface area contributed by atoms with E-state index in [1.165, 1.54) is 0 Å². The molecule has 132 valence electrons. The van der Waals surface area contributed by atoms with E-state index < -0.39 is 0 Å². The third kappa shape index (κ3) is 3.32. The van der Waals surface area contributed by atoms with E-state index in [0.29, 0.717) is 19.6 Å². The van der Waals surface area contributed by atoms with Crippen molar-refractivity contribution >= 4 is 16.7 Å². The number of hydrogen-bond donors (Lipinski definition) is 2. The first-order chi connectivity index (χ1) is 12.2. The first kappa shape index (κ1) is 16.3. The van der Waals surface area contributed by atoms with Crippen molar-refractivity contribution in [2.75, 3.05) is 26.2 Å². The van der Waals surface area contributed by atoms with Crippen LogP contribution in [0.2, 0.25) is 0 Å². The first-order valence-electron chi connectivity index (χ1n) is 8.95. The lowest BCUT2D eigenvalue weighted by atomic mass is 9.98. The third-order valence-electron chi connectivity index (χ3n) is 5.13. The lowest BCUT2D eigenvalue weighted by molar-refractivity contribution is -0.131. The van der Waals surface area contributed by atoms with E-state index in [4.69, 9.17) is 4.74 Å². The number of amides is 1. The summed E-state index contributed by atoms with van der Waals surface area (Å²) in [5.74, 6) is 0.0673. The number of ether oxygens (including phenoxy) is 1. The van der Waals surface area contributed by atoms with Gasteiger partial charge in [0, 0.05) is 30.8 Å². The Labute approximate surface area is 146 Å². The zero-order valence-corrected chi connectivity index (χ0v) is 14.2. The SMILES string of the molecule is O=C(CNC[C@H]1CCCO1)N1CCc2c([nH]c(=O)c3ccccc23)C1. The molecule has 2 N–H and O–H groups in total. The van der Waals surface area contributed by atoms with Gasteiger partial charge < -0.3 is 19.9 Å². The lowest BCUT2D eigenvalue weighted by Gasteiger charge is -2.29. The number of rotatable bonds is 4. The minimum Gasteiger partial charge on any atom is -0.377 e. The molecule has 2 aliphatic heterocycles. The Morgan fingerprint density at radius 1 is 1.32 bits per heavy atom. The van der Waals surface area contributed by atoms with Gasteiger partial charge in [-0.1, -0.05) is 18.2 Å². The molecule has 0 unspecified atom stereocenters. The van der Waals surface area contributed by atoms with Gasteiger partial charge in [0.1, 0.15) is 0 Å².